The van der Waals surface area contributed by atoms with Crippen molar-refractivity contribution in [3.8, 4) is 11.5 Å². The Hall–Kier alpha value is -4.06. The van der Waals surface area contributed by atoms with Crippen LogP contribution in [0.1, 0.15) is 22.0 Å². The Kier molecular flexibility index (Phi) is 6.51. The number of halogens is 1. The summed E-state index contributed by atoms with van der Waals surface area (Å²) in [6, 6.07) is 15.6. The number of carbonyl (C=O) groups is 3. The van der Waals surface area contributed by atoms with Crippen molar-refractivity contribution in [2.75, 3.05) is 4.90 Å². The number of aromatic hydroxyl groups is 2. The van der Waals surface area contributed by atoms with E-state index >= 15 is 0 Å². The fraction of sp³-hybridized carbons (Fsp3) is 0.0769. The normalized spacial score (nSPS) is 17.7. The zero-order chi connectivity index (χ0) is 27.2. The lowest BCUT2D eigenvalue weighted by molar-refractivity contribution is -0.135. The maximum atomic E-state index is 13.5. The number of anilines is 1. The topological polar surface area (TPSA) is 142 Å². The summed E-state index contributed by atoms with van der Waals surface area (Å²) in [7, 11) is -3.96. The molecule has 38 heavy (non-hydrogen) atoms. The number of hydrogen-bond donors (Lipinski definition) is 2. The summed E-state index contributed by atoms with van der Waals surface area (Å²) in [5, 5.41) is 19.3. The standard InChI is InChI=1S/C26H17ClN2O7S2/c27-18-12-15(8-11-19(18)31)22-21(23(32)14-6-9-16(30)10-7-14)24(33)25(34)29(22)26-28-13-20(37-26)38(35,36)17-4-2-1-3-5-17/h1-13,21-22,30-31H. The Labute approximate surface area is 225 Å². The summed E-state index contributed by atoms with van der Waals surface area (Å²) in [5.41, 5.74) is 0.337. The molecule has 12 heteroatoms. The molecule has 2 unspecified atom stereocenters. The molecule has 0 bridgehead atoms. The van der Waals surface area contributed by atoms with Crippen molar-refractivity contribution < 1.29 is 33.0 Å². The number of nitrogens with zero attached hydrogens (tertiary/aromatic N) is 2. The number of sulfone groups is 1. The SMILES string of the molecule is O=C1C(=O)N(c2ncc(S(=O)(=O)c3ccccc3)s2)C(c2ccc(O)c(Cl)c2)C1C(=O)c1ccc(O)cc1. The van der Waals surface area contributed by atoms with Gasteiger partial charge in [0.2, 0.25) is 15.6 Å². The number of carbonyl (C=O) groups excluding carboxylic acids is 3. The zero-order valence-electron chi connectivity index (χ0n) is 19.2. The summed E-state index contributed by atoms with van der Waals surface area (Å²) in [4.78, 5) is 45.2. The van der Waals surface area contributed by atoms with Gasteiger partial charge in [0.1, 0.15) is 21.6 Å². The largest absolute Gasteiger partial charge is 0.508 e. The van der Waals surface area contributed by atoms with Gasteiger partial charge in [-0.2, -0.15) is 0 Å². The van der Waals surface area contributed by atoms with Gasteiger partial charge in [0, 0.05) is 5.56 Å². The number of thiazole rings is 1. The number of phenolic OH excluding ortho intramolecular Hbond substituents is 2. The van der Waals surface area contributed by atoms with Crippen molar-refractivity contribution in [1.82, 2.24) is 4.98 Å². The van der Waals surface area contributed by atoms with Gasteiger partial charge in [-0.1, -0.05) is 47.2 Å². The molecule has 5 rings (SSSR count). The molecule has 9 nitrogen and oxygen atoms in total. The van der Waals surface area contributed by atoms with E-state index in [-0.39, 0.29) is 41.9 Å². The molecule has 2 N–H and O–H groups in total. The number of ketones is 2. The first-order valence-corrected chi connectivity index (χ1v) is 13.7. The summed E-state index contributed by atoms with van der Waals surface area (Å²) in [6.45, 7) is 0. The van der Waals surface area contributed by atoms with E-state index in [0.717, 1.165) is 11.1 Å². The summed E-state index contributed by atoms with van der Waals surface area (Å²) in [5.74, 6) is -4.60. The van der Waals surface area contributed by atoms with Crippen LogP contribution in [-0.4, -0.2) is 41.1 Å². The molecule has 1 aromatic heterocycles. The second-order valence-corrected chi connectivity index (χ2v) is 12.0. The van der Waals surface area contributed by atoms with Gasteiger partial charge >= 0.3 is 0 Å². The first kappa shape index (κ1) is 25.6. The number of Topliss-reactive ketones (excluding diaryl/α,β-unsaturated/α-hetero) is 2. The Balaban J connectivity index is 1.63. The van der Waals surface area contributed by atoms with Gasteiger partial charge < -0.3 is 10.2 Å². The second kappa shape index (κ2) is 9.67. The van der Waals surface area contributed by atoms with Crippen LogP contribution in [0, 0.1) is 5.92 Å². The van der Waals surface area contributed by atoms with Crippen LogP contribution in [0.3, 0.4) is 0 Å². The molecule has 1 fully saturated rings. The first-order valence-electron chi connectivity index (χ1n) is 11.0. The van der Waals surface area contributed by atoms with Crippen LogP contribution in [0.4, 0.5) is 5.13 Å². The van der Waals surface area contributed by atoms with Gasteiger partial charge in [-0.25, -0.2) is 13.4 Å². The van der Waals surface area contributed by atoms with E-state index in [0.29, 0.717) is 11.3 Å². The highest BCUT2D eigenvalue weighted by Crippen LogP contribution is 2.44. The Morgan fingerprint density at radius 2 is 1.66 bits per heavy atom. The monoisotopic (exact) mass is 568 g/mol. The van der Waals surface area contributed by atoms with Gasteiger partial charge in [-0.15, -0.1) is 0 Å². The van der Waals surface area contributed by atoms with E-state index in [1.807, 2.05) is 0 Å². The maximum absolute atomic E-state index is 13.5. The minimum Gasteiger partial charge on any atom is -0.508 e. The highest BCUT2D eigenvalue weighted by Gasteiger charge is 2.53. The van der Waals surface area contributed by atoms with Crippen LogP contribution in [0.15, 0.2) is 88.1 Å². The molecular formula is C26H17ClN2O7S2. The lowest BCUT2D eigenvalue weighted by atomic mass is 9.86. The fourth-order valence-electron chi connectivity index (χ4n) is 4.19. The fourth-order valence-corrected chi connectivity index (χ4v) is 6.96. The molecule has 2 atom stereocenters. The zero-order valence-corrected chi connectivity index (χ0v) is 21.6. The van der Waals surface area contributed by atoms with E-state index < -0.39 is 39.3 Å². The third kappa shape index (κ3) is 4.34. The van der Waals surface area contributed by atoms with Crippen LogP contribution < -0.4 is 4.90 Å². The number of hydrogen-bond acceptors (Lipinski definition) is 9. The molecule has 192 valence electrons. The molecule has 1 saturated heterocycles. The van der Waals surface area contributed by atoms with Crippen LogP contribution in [0.2, 0.25) is 5.02 Å². The van der Waals surface area contributed by atoms with Crippen LogP contribution in [0.5, 0.6) is 11.5 Å². The molecular weight excluding hydrogens is 552 g/mol. The molecule has 0 aliphatic carbocycles. The Bertz CT molecular complexity index is 1690. The van der Waals surface area contributed by atoms with Crippen molar-refractivity contribution in [3.05, 3.63) is 95.1 Å². The number of aromatic nitrogens is 1. The lowest BCUT2D eigenvalue weighted by Gasteiger charge is -2.25. The summed E-state index contributed by atoms with van der Waals surface area (Å²) >= 11 is 6.79. The van der Waals surface area contributed by atoms with Crippen LogP contribution >= 0.6 is 22.9 Å². The molecule has 0 saturated carbocycles. The summed E-state index contributed by atoms with van der Waals surface area (Å²) < 4.78 is 26.1. The van der Waals surface area contributed by atoms with Gasteiger partial charge in [-0.3, -0.25) is 19.3 Å². The molecule has 2 heterocycles. The molecule has 3 aromatic carbocycles. The molecule has 4 aromatic rings. The third-order valence-electron chi connectivity index (χ3n) is 6.05. The van der Waals surface area contributed by atoms with Crippen LogP contribution in [-0.2, 0) is 19.4 Å². The number of amides is 1. The molecule has 0 spiro atoms. The van der Waals surface area contributed by atoms with Crippen molar-refractivity contribution in [2.24, 2.45) is 5.92 Å². The van der Waals surface area contributed by atoms with Crippen molar-refractivity contribution in [2.45, 2.75) is 15.1 Å². The Morgan fingerprint density at radius 1 is 0.974 bits per heavy atom. The minimum atomic E-state index is -3.96. The number of benzene rings is 3. The van der Waals surface area contributed by atoms with Crippen molar-refractivity contribution in [3.63, 3.8) is 0 Å². The molecule has 1 aliphatic rings. The van der Waals surface area contributed by atoms with Gasteiger partial charge in [0.25, 0.3) is 5.91 Å². The second-order valence-electron chi connectivity index (χ2n) is 8.36. The Morgan fingerprint density at radius 3 is 2.32 bits per heavy atom. The van der Waals surface area contributed by atoms with Crippen molar-refractivity contribution >= 4 is 55.4 Å². The van der Waals surface area contributed by atoms with Gasteiger partial charge in [0.15, 0.2) is 10.9 Å². The van der Waals surface area contributed by atoms with E-state index in [2.05, 4.69) is 4.98 Å². The number of phenols is 2. The van der Waals surface area contributed by atoms with Gasteiger partial charge in [-0.05, 0) is 54.1 Å². The van der Waals surface area contributed by atoms with Crippen molar-refractivity contribution in [1.29, 1.82) is 0 Å². The highest BCUT2D eigenvalue weighted by atomic mass is 35.5. The van der Waals surface area contributed by atoms with E-state index in [9.17, 15) is 33.0 Å². The molecule has 0 radical (unpaired) electrons. The smallest absolute Gasteiger partial charge is 0.297 e. The van der Waals surface area contributed by atoms with Crippen LogP contribution in [0.25, 0.3) is 0 Å². The molecule has 1 amide bonds. The molecule has 1 aliphatic heterocycles. The first-order chi connectivity index (χ1) is 18.1. The van der Waals surface area contributed by atoms with Gasteiger partial charge in [0.05, 0.1) is 22.2 Å². The van der Waals surface area contributed by atoms with E-state index in [1.54, 1.807) is 18.2 Å². The average molecular weight is 569 g/mol. The number of rotatable bonds is 6. The maximum Gasteiger partial charge on any atom is 0.297 e. The quantitative estimate of drug-likeness (QED) is 0.200. The average Bonchev–Trinajstić information content (AvgIpc) is 3.50. The van der Waals surface area contributed by atoms with E-state index in [4.69, 9.17) is 11.6 Å². The predicted molar refractivity (Wildman–Crippen MR) is 138 cm³/mol. The van der Waals surface area contributed by atoms with E-state index in [1.165, 1.54) is 54.6 Å². The minimum absolute atomic E-state index is 0.0290. The highest BCUT2D eigenvalue weighted by molar-refractivity contribution is 7.93. The lowest BCUT2D eigenvalue weighted by Crippen LogP contribution is -2.30. The summed E-state index contributed by atoms with van der Waals surface area (Å²) in [6.07, 6.45) is 1.09. The third-order valence-corrected chi connectivity index (χ3v) is 9.58. The predicted octanol–water partition coefficient (Wildman–Crippen LogP) is 4.20.